The van der Waals surface area contributed by atoms with Crippen molar-refractivity contribution in [3.05, 3.63) is 0 Å². The normalized spacial score (nSPS) is 8.33. The SMILES string of the molecule is CC(C)(C)OC=O.Cl.Cl. The van der Waals surface area contributed by atoms with Gasteiger partial charge in [-0.05, 0) is 20.8 Å². The number of ether oxygens (including phenoxy) is 1. The molecule has 0 unspecified atom stereocenters. The average Bonchev–Trinajstić information content (AvgIpc) is 1.30. The van der Waals surface area contributed by atoms with Gasteiger partial charge in [-0.2, -0.15) is 0 Å². The summed E-state index contributed by atoms with van der Waals surface area (Å²) >= 11 is 0. The van der Waals surface area contributed by atoms with Crippen LogP contribution in [0.2, 0.25) is 0 Å². The fraction of sp³-hybridized carbons (Fsp3) is 0.800. The predicted molar refractivity (Wildman–Crippen MR) is 41.4 cm³/mol. The lowest BCUT2D eigenvalue weighted by atomic mass is 10.2. The van der Waals surface area contributed by atoms with Crippen molar-refractivity contribution in [1.82, 2.24) is 0 Å². The molecule has 0 bridgehead atoms. The van der Waals surface area contributed by atoms with E-state index in [1.54, 1.807) is 0 Å². The van der Waals surface area contributed by atoms with Crippen molar-refractivity contribution < 1.29 is 9.53 Å². The van der Waals surface area contributed by atoms with Gasteiger partial charge in [-0.1, -0.05) is 0 Å². The van der Waals surface area contributed by atoms with Crippen molar-refractivity contribution in [2.75, 3.05) is 0 Å². The quantitative estimate of drug-likeness (QED) is 0.568. The second-order valence-corrected chi connectivity index (χ2v) is 2.33. The summed E-state index contributed by atoms with van der Waals surface area (Å²) in [6.45, 7) is 5.92. The van der Waals surface area contributed by atoms with E-state index in [-0.39, 0.29) is 30.4 Å². The maximum Gasteiger partial charge on any atom is 0.293 e. The fourth-order valence-electron chi connectivity index (χ4n) is 0.144. The van der Waals surface area contributed by atoms with Crippen LogP contribution in [0, 0.1) is 0 Å². The Bertz CT molecular complexity index is 67.8. The molecule has 2 nitrogen and oxygen atoms in total. The van der Waals surface area contributed by atoms with Crippen LogP contribution in [-0.4, -0.2) is 12.1 Å². The molecule has 58 valence electrons. The van der Waals surface area contributed by atoms with Crippen LogP contribution >= 0.6 is 24.8 Å². The maximum absolute atomic E-state index is 9.60. The van der Waals surface area contributed by atoms with Crippen LogP contribution < -0.4 is 0 Å². The molecule has 0 aromatic carbocycles. The van der Waals surface area contributed by atoms with Crippen molar-refractivity contribution in [3.8, 4) is 0 Å². The Hall–Kier alpha value is 0.0500. The third-order valence-corrected chi connectivity index (χ3v) is 0.402. The summed E-state index contributed by atoms with van der Waals surface area (Å²) in [4.78, 5) is 9.60. The number of rotatable bonds is 1. The Morgan fingerprint density at radius 1 is 1.22 bits per heavy atom. The van der Waals surface area contributed by atoms with E-state index in [0.29, 0.717) is 6.47 Å². The standard InChI is InChI=1S/C5H10O2.2ClH/c1-5(2,3)7-4-6;;/h4H,1-3H3;2*1H. The van der Waals surface area contributed by atoms with Gasteiger partial charge in [-0.3, -0.25) is 4.79 Å². The Morgan fingerprint density at radius 2 is 1.56 bits per heavy atom. The molecule has 0 spiro atoms. The molecule has 0 atom stereocenters. The van der Waals surface area contributed by atoms with Gasteiger partial charge in [0.05, 0.1) is 0 Å². The highest BCUT2D eigenvalue weighted by atomic mass is 35.5. The van der Waals surface area contributed by atoms with E-state index in [9.17, 15) is 4.79 Å². The van der Waals surface area contributed by atoms with Gasteiger partial charge in [-0.25, -0.2) is 0 Å². The number of hydrogen-bond acceptors (Lipinski definition) is 2. The first-order valence-corrected chi connectivity index (χ1v) is 2.18. The lowest BCUT2D eigenvalue weighted by Gasteiger charge is -2.14. The third kappa shape index (κ3) is 18.0. The smallest absolute Gasteiger partial charge is 0.293 e. The van der Waals surface area contributed by atoms with Gasteiger partial charge in [0.1, 0.15) is 5.60 Å². The van der Waals surface area contributed by atoms with E-state index in [2.05, 4.69) is 4.74 Å². The maximum atomic E-state index is 9.60. The molecular weight excluding hydrogens is 163 g/mol. The van der Waals surface area contributed by atoms with Crippen LogP contribution in [-0.2, 0) is 9.53 Å². The molecule has 0 aromatic heterocycles. The minimum Gasteiger partial charge on any atom is -0.462 e. The highest BCUT2D eigenvalue weighted by Gasteiger charge is 2.07. The molecule has 0 saturated carbocycles. The monoisotopic (exact) mass is 174 g/mol. The molecule has 0 aliphatic carbocycles. The summed E-state index contributed by atoms with van der Waals surface area (Å²) < 4.78 is 4.55. The molecule has 0 N–H and O–H groups in total. The number of carbonyl (C=O) groups excluding carboxylic acids is 1. The molecule has 4 heteroatoms. The van der Waals surface area contributed by atoms with Crippen molar-refractivity contribution >= 4 is 31.3 Å². The summed E-state index contributed by atoms with van der Waals surface area (Å²) in [5, 5.41) is 0. The zero-order valence-corrected chi connectivity index (χ0v) is 7.34. The van der Waals surface area contributed by atoms with Gasteiger partial charge in [0.2, 0.25) is 0 Å². The van der Waals surface area contributed by atoms with Gasteiger partial charge in [0.25, 0.3) is 6.47 Å². The summed E-state index contributed by atoms with van der Waals surface area (Å²) in [5.41, 5.74) is -0.318. The molecule has 9 heavy (non-hydrogen) atoms. The van der Waals surface area contributed by atoms with Gasteiger partial charge in [0.15, 0.2) is 0 Å². The minimum absolute atomic E-state index is 0. The lowest BCUT2D eigenvalue weighted by Crippen LogP contribution is -2.17. The Kier molecular flexibility index (Phi) is 11.0. The molecule has 0 aliphatic heterocycles. The summed E-state index contributed by atoms with van der Waals surface area (Å²) in [5.74, 6) is 0. The summed E-state index contributed by atoms with van der Waals surface area (Å²) in [6.07, 6.45) is 0. The first-order valence-electron chi connectivity index (χ1n) is 2.18. The highest BCUT2D eigenvalue weighted by Crippen LogP contribution is 2.02. The molecule has 0 radical (unpaired) electrons. The molecule has 0 fully saturated rings. The highest BCUT2D eigenvalue weighted by molar-refractivity contribution is 5.85. The van der Waals surface area contributed by atoms with Crippen molar-refractivity contribution in [3.63, 3.8) is 0 Å². The third-order valence-electron chi connectivity index (χ3n) is 0.402. The van der Waals surface area contributed by atoms with Crippen LogP contribution in [0.5, 0.6) is 0 Å². The molecule has 0 rings (SSSR count). The summed E-state index contributed by atoms with van der Waals surface area (Å²) in [7, 11) is 0. The van der Waals surface area contributed by atoms with Crippen LogP contribution in [0.15, 0.2) is 0 Å². The van der Waals surface area contributed by atoms with E-state index in [4.69, 9.17) is 0 Å². The van der Waals surface area contributed by atoms with Crippen LogP contribution in [0.4, 0.5) is 0 Å². The summed E-state index contributed by atoms with van der Waals surface area (Å²) in [6, 6.07) is 0. The Balaban J connectivity index is -0.000000180. The van der Waals surface area contributed by atoms with Crippen molar-refractivity contribution in [1.29, 1.82) is 0 Å². The molecular formula is C5H12Cl2O2. The topological polar surface area (TPSA) is 26.3 Å². The Labute approximate surface area is 67.8 Å². The molecule has 0 aliphatic rings. The fourth-order valence-corrected chi connectivity index (χ4v) is 0.144. The molecule has 0 amide bonds. The second-order valence-electron chi connectivity index (χ2n) is 2.33. The zero-order chi connectivity index (χ0) is 5.91. The first-order chi connectivity index (χ1) is 3.06. The van der Waals surface area contributed by atoms with Crippen LogP contribution in [0.3, 0.4) is 0 Å². The van der Waals surface area contributed by atoms with Crippen LogP contribution in [0.25, 0.3) is 0 Å². The lowest BCUT2D eigenvalue weighted by molar-refractivity contribution is -0.138. The predicted octanol–water partition coefficient (Wildman–Crippen LogP) is 1.80. The largest absolute Gasteiger partial charge is 0.462 e. The number of carbonyl (C=O) groups is 1. The van der Waals surface area contributed by atoms with Crippen LogP contribution in [0.1, 0.15) is 20.8 Å². The first kappa shape index (κ1) is 16.0. The molecule has 0 aromatic rings. The van der Waals surface area contributed by atoms with E-state index >= 15 is 0 Å². The van der Waals surface area contributed by atoms with E-state index in [1.165, 1.54) is 0 Å². The van der Waals surface area contributed by atoms with Crippen molar-refractivity contribution in [2.45, 2.75) is 26.4 Å². The van der Waals surface area contributed by atoms with Gasteiger partial charge in [0, 0.05) is 0 Å². The average molecular weight is 175 g/mol. The van der Waals surface area contributed by atoms with Crippen molar-refractivity contribution in [2.24, 2.45) is 0 Å². The molecule has 0 heterocycles. The van der Waals surface area contributed by atoms with Gasteiger partial charge < -0.3 is 4.74 Å². The van der Waals surface area contributed by atoms with Gasteiger partial charge in [-0.15, -0.1) is 24.8 Å². The van der Waals surface area contributed by atoms with E-state index < -0.39 is 0 Å². The zero-order valence-electron chi connectivity index (χ0n) is 5.71. The number of hydrogen-bond donors (Lipinski definition) is 0. The van der Waals surface area contributed by atoms with Gasteiger partial charge >= 0.3 is 0 Å². The Morgan fingerprint density at radius 3 is 1.56 bits per heavy atom. The molecule has 0 saturated heterocycles. The number of halogens is 2. The minimum atomic E-state index is -0.318. The second kappa shape index (κ2) is 6.17. The van der Waals surface area contributed by atoms with E-state index in [1.807, 2.05) is 20.8 Å². The van der Waals surface area contributed by atoms with E-state index in [0.717, 1.165) is 0 Å².